The van der Waals surface area contributed by atoms with E-state index in [0.717, 1.165) is 4.90 Å². The zero-order valence-electron chi connectivity index (χ0n) is 10.4. The van der Waals surface area contributed by atoms with Crippen LogP contribution in [-0.2, 0) is 0 Å². The molecule has 0 aliphatic carbocycles. The highest BCUT2D eigenvalue weighted by Gasteiger charge is 2.31. The predicted molar refractivity (Wildman–Crippen MR) is 72.4 cm³/mol. The molecule has 3 nitrogen and oxygen atoms in total. The standard InChI is InChI=1S/C13H12ClF3N2O/c14-4-6-19(8-13(15,16)17)12-11-7-10(20)2-1-9(11)3-5-18-12/h1-3,5,7,20H,4,6,8H2. The van der Waals surface area contributed by atoms with Crippen LogP contribution in [0.2, 0.25) is 0 Å². The molecule has 0 saturated heterocycles. The third-order valence-corrected chi connectivity index (χ3v) is 2.92. The second kappa shape index (κ2) is 5.75. The lowest BCUT2D eigenvalue weighted by molar-refractivity contribution is -0.119. The third-order valence-electron chi connectivity index (χ3n) is 2.75. The summed E-state index contributed by atoms with van der Waals surface area (Å²) < 4.78 is 37.9. The van der Waals surface area contributed by atoms with Gasteiger partial charge in [-0.15, -0.1) is 11.6 Å². The molecule has 0 saturated carbocycles. The van der Waals surface area contributed by atoms with Crippen LogP contribution in [0.25, 0.3) is 10.8 Å². The summed E-state index contributed by atoms with van der Waals surface area (Å²) in [4.78, 5) is 5.07. The molecule has 1 aromatic heterocycles. The van der Waals surface area contributed by atoms with Crippen LogP contribution in [0.5, 0.6) is 5.75 Å². The first kappa shape index (κ1) is 14.7. The highest BCUT2D eigenvalue weighted by molar-refractivity contribution is 6.18. The number of phenols is 1. The minimum Gasteiger partial charge on any atom is -0.508 e. The number of phenolic OH excluding ortho intramolecular Hbond substituents is 1. The summed E-state index contributed by atoms with van der Waals surface area (Å²) in [5.74, 6) is 0.188. The number of fused-ring (bicyclic) bond motifs is 1. The first-order valence-electron chi connectivity index (χ1n) is 5.86. The van der Waals surface area contributed by atoms with Crippen molar-refractivity contribution in [2.75, 3.05) is 23.9 Å². The van der Waals surface area contributed by atoms with Crippen molar-refractivity contribution in [1.82, 2.24) is 4.98 Å². The zero-order chi connectivity index (χ0) is 14.8. The molecular formula is C13H12ClF3N2O. The molecule has 0 fully saturated rings. The fourth-order valence-electron chi connectivity index (χ4n) is 1.97. The Balaban J connectivity index is 2.49. The number of rotatable bonds is 4. The largest absolute Gasteiger partial charge is 0.508 e. The van der Waals surface area contributed by atoms with E-state index in [1.165, 1.54) is 18.3 Å². The third kappa shape index (κ3) is 3.45. The molecular weight excluding hydrogens is 293 g/mol. The van der Waals surface area contributed by atoms with Crippen molar-refractivity contribution in [1.29, 1.82) is 0 Å². The van der Waals surface area contributed by atoms with E-state index in [9.17, 15) is 18.3 Å². The van der Waals surface area contributed by atoms with Gasteiger partial charge >= 0.3 is 6.18 Å². The van der Waals surface area contributed by atoms with Gasteiger partial charge in [-0.2, -0.15) is 13.2 Å². The van der Waals surface area contributed by atoms with Crippen LogP contribution < -0.4 is 4.90 Å². The number of benzene rings is 1. The monoisotopic (exact) mass is 304 g/mol. The minimum absolute atomic E-state index is 0.0167. The van der Waals surface area contributed by atoms with Gasteiger partial charge in [0.1, 0.15) is 18.1 Å². The molecule has 2 aromatic rings. The summed E-state index contributed by atoms with van der Waals surface area (Å²) in [5.41, 5.74) is 0. The Kier molecular flexibility index (Phi) is 4.23. The van der Waals surface area contributed by atoms with Crippen LogP contribution in [0.15, 0.2) is 30.5 Å². The summed E-state index contributed by atoms with van der Waals surface area (Å²) >= 11 is 5.57. The molecule has 1 heterocycles. The number of aromatic hydroxyl groups is 1. The topological polar surface area (TPSA) is 36.4 Å². The second-order valence-electron chi connectivity index (χ2n) is 4.27. The highest BCUT2D eigenvalue weighted by atomic mass is 35.5. The van der Waals surface area contributed by atoms with Crippen LogP contribution >= 0.6 is 11.6 Å². The summed E-state index contributed by atoms with van der Waals surface area (Å²) in [6.45, 7) is -1.12. The first-order chi connectivity index (χ1) is 9.40. The summed E-state index contributed by atoms with van der Waals surface area (Å²) in [7, 11) is 0. The summed E-state index contributed by atoms with van der Waals surface area (Å²) in [6, 6.07) is 6.17. The Bertz CT molecular complexity index is 604. The number of anilines is 1. The average molecular weight is 305 g/mol. The van der Waals surface area contributed by atoms with Crippen LogP contribution in [0, 0.1) is 0 Å². The Morgan fingerprint density at radius 2 is 2.00 bits per heavy atom. The molecule has 0 aliphatic rings. The maximum Gasteiger partial charge on any atom is 0.405 e. The van der Waals surface area contributed by atoms with E-state index >= 15 is 0 Å². The second-order valence-corrected chi connectivity index (χ2v) is 4.64. The molecule has 0 spiro atoms. The molecule has 7 heteroatoms. The van der Waals surface area contributed by atoms with Crippen molar-refractivity contribution < 1.29 is 18.3 Å². The Hall–Kier alpha value is -1.69. The summed E-state index contributed by atoms with van der Waals surface area (Å²) in [5, 5.41) is 10.7. The number of halogens is 4. The molecule has 0 aliphatic heterocycles. The molecule has 108 valence electrons. The number of pyridine rings is 1. The maximum atomic E-state index is 12.6. The fourth-order valence-corrected chi connectivity index (χ4v) is 2.18. The van der Waals surface area contributed by atoms with E-state index < -0.39 is 12.7 Å². The van der Waals surface area contributed by atoms with Gasteiger partial charge in [-0.1, -0.05) is 6.07 Å². The molecule has 0 amide bonds. The van der Waals surface area contributed by atoms with Gasteiger partial charge in [0, 0.05) is 24.0 Å². The smallest absolute Gasteiger partial charge is 0.405 e. The highest BCUT2D eigenvalue weighted by Crippen LogP contribution is 2.29. The van der Waals surface area contributed by atoms with E-state index in [-0.39, 0.29) is 24.0 Å². The van der Waals surface area contributed by atoms with Gasteiger partial charge in [0.05, 0.1) is 0 Å². The molecule has 1 aromatic carbocycles. The van der Waals surface area contributed by atoms with Gasteiger partial charge in [-0.05, 0) is 23.6 Å². The molecule has 20 heavy (non-hydrogen) atoms. The minimum atomic E-state index is -4.35. The first-order valence-corrected chi connectivity index (χ1v) is 6.39. The fraction of sp³-hybridized carbons (Fsp3) is 0.308. The van der Waals surface area contributed by atoms with E-state index in [4.69, 9.17) is 11.6 Å². The van der Waals surface area contributed by atoms with Gasteiger partial charge < -0.3 is 10.0 Å². The van der Waals surface area contributed by atoms with E-state index in [1.54, 1.807) is 12.1 Å². The van der Waals surface area contributed by atoms with Crippen molar-refractivity contribution in [2.24, 2.45) is 0 Å². The molecule has 0 radical (unpaired) electrons. The quantitative estimate of drug-likeness (QED) is 0.878. The van der Waals surface area contributed by atoms with E-state index in [2.05, 4.69) is 4.98 Å². The molecule has 0 bridgehead atoms. The van der Waals surface area contributed by atoms with Crippen molar-refractivity contribution in [2.45, 2.75) is 6.18 Å². The van der Waals surface area contributed by atoms with Gasteiger partial charge in [0.15, 0.2) is 0 Å². The van der Waals surface area contributed by atoms with Gasteiger partial charge in [-0.3, -0.25) is 0 Å². The molecule has 0 atom stereocenters. The van der Waals surface area contributed by atoms with Gasteiger partial charge in [-0.25, -0.2) is 4.98 Å². The van der Waals surface area contributed by atoms with Crippen LogP contribution in [0.4, 0.5) is 19.0 Å². The number of hydrogen-bond acceptors (Lipinski definition) is 3. The lowest BCUT2D eigenvalue weighted by Crippen LogP contribution is -2.36. The SMILES string of the molecule is Oc1ccc2ccnc(N(CCCl)CC(F)(F)F)c2c1. The van der Waals surface area contributed by atoms with Crippen LogP contribution in [-0.4, -0.2) is 35.2 Å². The van der Waals surface area contributed by atoms with Crippen molar-refractivity contribution in [3.63, 3.8) is 0 Å². The average Bonchev–Trinajstić information content (AvgIpc) is 2.36. The van der Waals surface area contributed by atoms with Gasteiger partial charge in [0.25, 0.3) is 0 Å². The van der Waals surface area contributed by atoms with Crippen molar-refractivity contribution in [3.05, 3.63) is 30.5 Å². The number of nitrogens with zero attached hydrogens (tertiary/aromatic N) is 2. The number of aromatic nitrogens is 1. The molecule has 2 rings (SSSR count). The number of hydrogen-bond donors (Lipinski definition) is 1. The van der Waals surface area contributed by atoms with Gasteiger partial charge in [0.2, 0.25) is 0 Å². The lowest BCUT2D eigenvalue weighted by atomic mass is 10.1. The molecule has 1 N–H and O–H groups in total. The lowest BCUT2D eigenvalue weighted by Gasteiger charge is -2.25. The van der Waals surface area contributed by atoms with E-state index in [0.29, 0.717) is 10.8 Å². The zero-order valence-corrected chi connectivity index (χ0v) is 11.1. The maximum absolute atomic E-state index is 12.6. The number of alkyl halides is 4. The van der Waals surface area contributed by atoms with Crippen molar-refractivity contribution >= 4 is 28.2 Å². The summed E-state index contributed by atoms with van der Waals surface area (Å²) in [6.07, 6.45) is -2.92. The van der Waals surface area contributed by atoms with E-state index in [1.807, 2.05) is 0 Å². The van der Waals surface area contributed by atoms with Crippen LogP contribution in [0.1, 0.15) is 0 Å². The Morgan fingerprint density at radius 1 is 1.25 bits per heavy atom. The Morgan fingerprint density at radius 3 is 2.65 bits per heavy atom. The Labute approximate surface area is 118 Å². The normalized spacial score (nSPS) is 11.8. The van der Waals surface area contributed by atoms with Crippen LogP contribution in [0.3, 0.4) is 0 Å². The van der Waals surface area contributed by atoms with Crippen molar-refractivity contribution in [3.8, 4) is 5.75 Å². The predicted octanol–water partition coefficient (Wildman–Crippen LogP) is 3.55. The molecule has 0 unspecified atom stereocenters.